The van der Waals surface area contributed by atoms with Gasteiger partial charge in [-0.25, -0.2) is 4.39 Å². The Morgan fingerprint density at radius 2 is 1.61 bits per heavy atom. The summed E-state index contributed by atoms with van der Waals surface area (Å²) in [6, 6.07) is 23.5. The van der Waals surface area contributed by atoms with Crippen molar-refractivity contribution >= 4 is 18.9 Å². The van der Waals surface area contributed by atoms with Gasteiger partial charge in [-0.15, -0.1) is 0 Å². The fourth-order valence-corrected chi connectivity index (χ4v) is 3.19. The van der Waals surface area contributed by atoms with Crippen LogP contribution in [0.2, 0.25) is 0 Å². The lowest BCUT2D eigenvalue weighted by atomic mass is 9.75. The number of nitrogens with zero attached hydrogens (tertiary/aromatic N) is 1. The Labute approximate surface area is 191 Å². The molecule has 2 aromatic carbocycles. The van der Waals surface area contributed by atoms with Crippen molar-refractivity contribution in [2.24, 2.45) is 0 Å². The minimum Gasteiger partial charge on any atom is -0.426 e. The fourth-order valence-electron chi connectivity index (χ4n) is 3.19. The molecule has 2 atom stereocenters. The third kappa shape index (κ3) is 6.47. The van der Waals surface area contributed by atoms with Gasteiger partial charge >= 0.3 is 7.12 Å². The number of hydrogen-bond acceptors (Lipinski definition) is 5. The summed E-state index contributed by atoms with van der Waals surface area (Å²) >= 11 is 0. The summed E-state index contributed by atoms with van der Waals surface area (Å²) in [6.45, 7) is 0.747. The number of pyridine rings is 1. The molecule has 0 bridgehead atoms. The monoisotopic (exact) mass is 449 g/mol. The van der Waals surface area contributed by atoms with Gasteiger partial charge in [0.2, 0.25) is 0 Å². The van der Waals surface area contributed by atoms with Gasteiger partial charge in [0.15, 0.2) is 0 Å². The molecule has 2 unspecified atom stereocenters. The van der Waals surface area contributed by atoms with E-state index in [4.69, 9.17) is 0 Å². The van der Waals surface area contributed by atoms with E-state index in [1.165, 1.54) is 0 Å². The topological polar surface area (TPSA) is 112 Å². The first-order valence-corrected chi connectivity index (χ1v) is 10.5. The molecule has 1 heterocycles. The van der Waals surface area contributed by atoms with Gasteiger partial charge in [-0.3, -0.25) is 14.6 Å². The summed E-state index contributed by atoms with van der Waals surface area (Å²) in [7, 11) is -1.93. The van der Waals surface area contributed by atoms with E-state index in [0.29, 0.717) is 17.0 Å². The van der Waals surface area contributed by atoms with Gasteiger partial charge in [0.1, 0.15) is 0 Å². The number of hydrogen-bond donors (Lipinski definition) is 4. The first-order chi connectivity index (χ1) is 15.8. The normalized spacial score (nSPS) is 13.5. The number of halogens is 1. The van der Waals surface area contributed by atoms with E-state index >= 15 is 4.39 Å². The summed E-state index contributed by atoms with van der Waals surface area (Å²) in [5.74, 6) is -3.61. The number of nitrogens with one attached hydrogen (secondary N) is 2. The molecule has 0 spiro atoms. The van der Waals surface area contributed by atoms with E-state index < -0.39 is 30.5 Å². The predicted octanol–water partition coefficient (Wildman–Crippen LogP) is 1.83. The second-order valence-corrected chi connectivity index (χ2v) is 7.75. The molecule has 1 aromatic heterocycles. The quantitative estimate of drug-likeness (QED) is 0.294. The highest BCUT2D eigenvalue weighted by Gasteiger charge is 2.43. The highest BCUT2D eigenvalue weighted by atomic mass is 19.1. The number of benzene rings is 2. The van der Waals surface area contributed by atoms with Crippen LogP contribution in [-0.2, 0) is 22.6 Å². The lowest BCUT2D eigenvalue weighted by Crippen LogP contribution is -2.57. The molecule has 0 aliphatic rings. The largest absolute Gasteiger partial charge is 0.475 e. The maximum atomic E-state index is 15.1. The molecule has 33 heavy (non-hydrogen) atoms. The van der Waals surface area contributed by atoms with Crippen molar-refractivity contribution < 1.29 is 24.0 Å². The fraction of sp³-hybridized carbons (Fsp3) is 0.208. The van der Waals surface area contributed by atoms with Gasteiger partial charge in [-0.2, -0.15) is 0 Å². The van der Waals surface area contributed by atoms with E-state index in [2.05, 4.69) is 15.6 Å². The third-order valence-electron chi connectivity index (χ3n) is 5.13. The SMILES string of the molecule is CC(F)(C(=O)NCc1cccc(-c2ccccc2)n1)C(=O)NC(Cc1ccccc1)B(O)O. The average Bonchev–Trinajstić information content (AvgIpc) is 2.83. The first kappa shape index (κ1) is 24.1. The molecule has 2 amide bonds. The van der Waals surface area contributed by atoms with Gasteiger partial charge < -0.3 is 20.7 Å². The highest BCUT2D eigenvalue weighted by molar-refractivity contribution is 6.43. The second-order valence-electron chi connectivity index (χ2n) is 7.75. The van der Waals surface area contributed by atoms with Crippen molar-refractivity contribution in [3.05, 3.63) is 90.1 Å². The van der Waals surface area contributed by atoms with Gasteiger partial charge in [0.05, 0.1) is 23.9 Å². The van der Waals surface area contributed by atoms with E-state index in [-0.39, 0.29) is 13.0 Å². The Hall–Kier alpha value is -3.56. The van der Waals surface area contributed by atoms with Crippen molar-refractivity contribution in [3.8, 4) is 11.3 Å². The molecule has 4 N–H and O–H groups in total. The molecule has 0 saturated heterocycles. The number of rotatable bonds is 9. The molecule has 3 rings (SSSR count). The van der Waals surface area contributed by atoms with E-state index in [0.717, 1.165) is 12.5 Å². The molecule has 0 saturated carbocycles. The Bertz CT molecular complexity index is 1080. The van der Waals surface area contributed by atoms with Gasteiger partial charge in [0, 0.05) is 5.56 Å². The number of aromatic nitrogens is 1. The number of amides is 2. The van der Waals surface area contributed by atoms with Crippen LogP contribution >= 0.6 is 0 Å². The van der Waals surface area contributed by atoms with Crippen molar-refractivity contribution in [1.29, 1.82) is 0 Å². The molecule has 0 aliphatic carbocycles. The molecule has 3 aromatic rings. The molecule has 0 fully saturated rings. The molecular weight excluding hydrogens is 424 g/mol. The van der Waals surface area contributed by atoms with Crippen LogP contribution in [0.1, 0.15) is 18.2 Å². The Morgan fingerprint density at radius 3 is 2.24 bits per heavy atom. The van der Waals surface area contributed by atoms with E-state index in [1.807, 2.05) is 36.4 Å². The zero-order valence-electron chi connectivity index (χ0n) is 18.1. The predicted molar refractivity (Wildman–Crippen MR) is 123 cm³/mol. The second kappa shape index (κ2) is 10.8. The molecule has 0 radical (unpaired) electrons. The summed E-state index contributed by atoms with van der Waals surface area (Å²) in [5, 5.41) is 23.8. The number of alkyl halides is 1. The molecule has 7 nitrogen and oxygen atoms in total. The molecule has 0 aliphatic heterocycles. The Kier molecular flexibility index (Phi) is 7.92. The summed E-state index contributed by atoms with van der Waals surface area (Å²) < 4.78 is 15.1. The van der Waals surface area contributed by atoms with Crippen LogP contribution in [0.25, 0.3) is 11.3 Å². The van der Waals surface area contributed by atoms with Gasteiger partial charge in [-0.05, 0) is 31.0 Å². The van der Waals surface area contributed by atoms with Crippen molar-refractivity contribution in [2.75, 3.05) is 0 Å². The van der Waals surface area contributed by atoms with Crippen LogP contribution in [-0.4, -0.2) is 45.6 Å². The first-order valence-electron chi connectivity index (χ1n) is 10.5. The molecule has 170 valence electrons. The van der Waals surface area contributed by atoms with Gasteiger partial charge in [-0.1, -0.05) is 66.7 Å². The maximum absolute atomic E-state index is 15.1. The minimum absolute atomic E-state index is 0.0537. The van der Waals surface area contributed by atoms with Crippen molar-refractivity contribution in [2.45, 2.75) is 31.5 Å². The minimum atomic E-state index is -2.93. The number of carbonyl (C=O) groups excluding carboxylic acids is 2. The lowest BCUT2D eigenvalue weighted by Gasteiger charge is -2.24. The molecule has 9 heteroatoms. The van der Waals surface area contributed by atoms with E-state index in [9.17, 15) is 19.6 Å². The van der Waals surface area contributed by atoms with Crippen molar-refractivity contribution in [1.82, 2.24) is 15.6 Å². The van der Waals surface area contributed by atoms with Crippen LogP contribution in [0, 0.1) is 0 Å². The zero-order valence-corrected chi connectivity index (χ0v) is 18.1. The van der Waals surface area contributed by atoms with Crippen LogP contribution in [0.5, 0.6) is 0 Å². The van der Waals surface area contributed by atoms with E-state index in [1.54, 1.807) is 42.5 Å². The van der Waals surface area contributed by atoms with Crippen LogP contribution in [0.15, 0.2) is 78.9 Å². The molecular formula is C24H25BFN3O4. The lowest BCUT2D eigenvalue weighted by molar-refractivity contribution is -0.144. The third-order valence-corrected chi connectivity index (χ3v) is 5.13. The van der Waals surface area contributed by atoms with Crippen LogP contribution in [0.3, 0.4) is 0 Å². The van der Waals surface area contributed by atoms with Gasteiger partial charge in [0.25, 0.3) is 17.5 Å². The van der Waals surface area contributed by atoms with Crippen molar-refractivity contribution in [3.63, 3.8) is 0 Å². The highest BCUT2D eigenvalue weighted by Crippen LogP contribution is 2.17. The maximum Gasteiger partial charge on any atom is 0.475 e. The summed E-state index contributed by atoms with van der Waals surface area (Å²) in [4.78, 5) is 29.4. The zero-order chi connectivity index (χ0) is 23.8. The van der Waals surface area contributed by atoms with Crippen LogP contribution < -0.4 is 10.6 Å². The Morgan fingerprint density at radius 1 is 0.970 bits per heavy atom. The summed E-state index contributed by atoms with van der Waals surface area (Å²) in [6.07, 6.45) is 0.0537. The summed E-state index contributed by atoms with van der Waals surface area (Å²) in [5.41, 5.74) is -0.129. The Balaban J connectivity index is 1.62. The smallest absolute Gasteiger partial charge is 0.426 e. The number of carbonyl (C=O) groups is 2. The van der Waals surface area contributed by atoms with Crippen LogP contribution in [0.4, 0.5) is 4.39 Å². The standard InChI is InChI=1S/C24H25BFN3O4/c1-24(26,23(31)29-21(25(32)33)15-17-9-4-2-5-10-17)22(30)27-16-19-13-8-14-20(28-19)18-11-6-3-7-12-18/h2-14,21,32-33H,15-16H2,1H3,(H,27,30)(H,29,31). The average molecular weight is 449 g/mol.